The molecule has 0 aromatic rings. The maximum atomic E-state index is 9.22. The topological polar surface area (TPSA) is 64.7 Å². The normalized spacial score (nSPS) is 16.2. The largest absolute Gasteiger partial charge is 0.394 e. The van der Waals surface area contributed by atoms with Gasteiger partial charge in [0.05, 0.1) is 31.5 Å². The maximum absolute atomic E-state index is 9.22. The molecular weight excluding hydrogens is 218 g/mol. The first-order chi connectivity index (χ1) is 7.76. The monoisotopic (exact) mass is 247 g/mol. The summed E-state index contributed by atoms with van der Waals surface area (Å²) in [5.74, 6) is 0.508. The fourth-order valence-electron chi connectivity index (χ4n) is 1.56. The Labute approximate surface area is 105 Å². The Balaban J connectivity index is 3.82. The SMILES string of the molecule is CC(C)CC(N)C(CO)OCCOC(C)(C)C. The Morgan fingerprint density at radius 1 is 1.18 bits per heavy atom. The third-order valence-corrected chi connectivity index (χ3v) is 2.35. The van der Waals surface area contributed by atoms with Gasteiger partial charge in [0.2, 0.25) is 0 Å². The summed E-state index contributed by atoms with van der Waals surface area (Å²) in [6, 6.07) is -0.116. The highest BCUT2D eigenvalue weighted by molar-refractivity contribution is 4.74. The highest BCUT2D eigenvalue weighted by atomic mass is 16.5. The second-order valence-electron chi connectivity index (χ2n) is 5.85. The van der Waals surface area contributed by atoms with Crippen LogP contribution in [0.25, 0.3) is 0 Å². The molecule has 104 valence electrons. The molecule has 2 unspecified atom stereocenters. The van der Waals surface area contributed by atoms with E-state index < -0.39 is 0 Å². The highest BCUT2D eigenvalue weighted by Crippen LogP contribution is 2.10. The lowest BCUT2D eigenvalue weighted by atomic mass is 10.0. The quantitative estimate of drug-likeness (QED) is 0.639. The molecule has 0 aliphatic carbocycles. The van der Waals surface area contributed by atoms with E-state index in [1.807, 2.05) is 20.8 Å². The van der Waals surface area contributed by atoms with Crippen LogP contribution in [-0.4, -0.2) is 42.7 Å². The van der Waals surface area contributed by atoms with Gasteiger partial charge in [-0.05, 0) is 33.1 Å². The minimum atomic E-state index is -0.291. The van der Waals surface area contributed by atoms with Gasteiger partial charge in [-0.25, -0.2) is 0 Å². The van der Waals surface area contributed by atoms with Crippen molar-refractivity contribution in [1.82, 2.24) is 0 Å². The summed E-state index contributed by atoms with van der Waals surface area (Å²) in [5.41, 5.74) is 5.82. The van der Waals surface area contributed by atoms with E-state index in [1.165, 1.54) is 0 Å². The third-order valence-electron chi connectivity index (χ3n) is 2.35. The van der Waals surface area contributed by atoms with E-state index in [2.05, 4.69) is 13.8 Å². The van der Waals surface area contributed by atoms with Crippen molar-refractivity contribution in [3.8, 4) is 0 Å². The van der Waals surface area contributed by atoms with Crippen LogP contribution in [0.3, 0.4) is 0 Å². The van der Waals surface area contributed by atoms with Crippen LogP contribution < -0.4 is 5.73 Å². The van der Waals surface area contributed by atoms with E-state index in [0.717, 1.165) is 6.42 Å². The fraction of sp³-hybridized carbons (Fsp3) is 1.00. The standard InChI is InChI=1S/C13H29NO3/c1-10(2)8-11(14)12(9-15)16-6-7-17-13(3,4)5/h10-12,15H,6-9,14H2,1-5H3. The van der Waals surface area contributed by atoms with Crippen molar-refractivity contribution in [3.63, 3.8) is 0 Å². The van der Waals surface area contributed by atoms with Crippen LogP contribution in [0.5, 0.6) is 0 Å². The van der Waals surface area contributed by atoms with E-state index in [4.69, 9.17) is 15.2 Å². The van der Waals surface area contributed by atoms with Gasteiger partial charge in [0, 0.05) is 6.04 Å². The molecule has 0 saturated carbocycles. The van der Waals surface area contributed by atoms with Crippen molar-refractivity contribution in [2.75, 3.05) is 19.8 Å². The molecule has 0 saturated heterocycles. The van der Waals surface area contributed by atoms with Crippen molar-refractivity contribution >= 4 is 0 Å². The molecule has 2 atom stereocenters. The molecule has 17 heavy (non-hydrogen) atoms. The van der Waals surface area contributed by atoms with E-state index in [0.29, 0.717) is 19.1 Å². The van der Waals surface area contributed by atoms with Crippen LogP contribution in [0.2, 0.25) is 0 Å². The maximum Gasteiger partial charge on any atom is 0.0957 e. The molecule has 3 N–H and O–H groups in total. The van der Waals surface area contributed by atoms with E-state index in [1.54, 1.807) is 0 Å². The lowest BCUT2D eigenvalue weighted by Crippen LogP contribution is -2.41. The summed E-state index contributed by atoms with van der Waals surface area (Å²) in [7, 11) is 0. The van der Waals surface area contributed by atoms with Crippen molar-refractivity contribution in [3.05, 3.63) is 0 Å². The number of ether oxygens (including phenoxy) is 2. The zero-order chi connectivity index (χ0) is 13.5. The molecule has 0 aliphatic heterocycles. The van der Waals surface area contributed by atoms with Crippen LogP contribution in [0.4, 0.5) is 0 Å². The number of aliphatic hydroxyl groups excluding tert-OH is 1. The molecule has 0 aromatic heterocycles. The fourth-order valence-corrected chi connectivity index (χ4v) is 1.56. The Bertz CT molecular complexity index is 190. The summed E-state index contributed by atoms with van der Waals surface area (Å²) in [4.78, 5) is 0. The average Bonchev–Trinajstić information content (AvgIpc) is 2.14. The predicted octanol–water partition coefficient (Wildman–Crippen LogP) is 1.55. The molecule has 4 heteroatoms. The molecule has 0 aliphatic rings. The van der Waals surface area contributed by atoms with Gasteiger partial charge in [0.25, 0.3) is 0 Å². The molecule has 0 amide bonds. The first kappa shape index (κ1) is 16.8. The molecule has 0 bridgehead atoms. The minimum Gasteiger partial charge on any atom is -0.394 e. The van der Waals surface area contributed by atoms with Gasteiger partial charge in [-0.2, -0.15) is 0 Å². The Morgan fingerprint density at radius 3 is 2.18 bits per heavy atom. The molecular formula is C13H29NO3. The van der Waals surface area contributed by atoms with E-state index in [9.17, 15) is 5.11 Å². The van der Waals surface area contributed by atoms with Crippen LogP contribution in [-0.2, 0) is 9.47 Å². The first-order valence-electron chi connectivity index (χ1n) is 6.38. The Morgan fingerprint density at radius 2 is 1.76 bits per heavy atom. The number of nitrogens with two attached hydrogens (primary N) is 1. The van der Waals surface area contributed by atoms with Gasteiger partial charge in [0.15, 0.2) is 0 Å². The number of rotatable bonds is 8. The van der Waals surface area contributed by atoms with Gasteiger partial charge in [-0.15, -0.1) is 0 Å². The van der Waals surface area contributed by atoms with Gasteiger partial charge in [-0.1, -0.05) is 13.8 Å². The van der Waals surface area contributed by atoms with Gasteiger partial charge < -0.3 is 20.3 Å². The van der Waals surface area contributed by atoms with Gasteiger partial charge in [-0.3, -0.25) is 0 Å². The second-order valence-corrected chi connectivity index (χ2v) is 5.85. The van der Waals surface area contributed by atoms with Crippen LogP contribution in [0.1, 0.15) is 41.0 Å². The van der Waals surface area contributed by atoms with E-state index >= 15 is 0 Å². The number of hydrogen-bond donors (Lipinski definition) is 2. The second kappa shape index (κ2) is 8.03. The lowest BCUT2D eigenvalue weighted by molar-refractivity contribution is -0.0676. The zero-order valence-corrected chi connectivity index (χ0v) is 11.9. The molecule has 0 fully saturated rings. The highest BCUT2D eigenvalue weighted by Gasteiger charge is 2.19. The summed E-state index contributed by atoms with van der Waals surface area (Å²) in [6.45, 7) is 11.2. The van der Waals surface area contributed by atoms with E-state index in [-0.39, 0.29) is 24.4 Å². The summed E-state index contributed by atoms with van der Waals surface area (Å²) in [6.07, 6.45) is 0.562. The molecule has 0 rings (SSSR count). The van der Waals surface area contributed by atoms with Crippen molar-refractivity contribution in [1.29, 1.82) is 0 Å². The zero-order valence-electron chi connectivity index (χ0n) is 11.9. The Hall–Kier alpha value is -0.160. The average molecular weight is 247 g/mol. The number of aliphatic hydroxyl groups is 1. The van der Waals surface area contributed by atoms with Gasteiger partial charge in [0.1, 0.15) is 0 Å². The van der Waals surface area contributed by atoms with Crippen LogP contribution in [0, 0.1) is 5.92 Å². The summed E-state index contributed by atoms with van der Waals surface area (Å²) in [5, 5.41) is 9.22. The first-order valence-corrected chi connectivity index (χ1v) is 6.38. The van der Waals surface area contributed by atoms with Crippen LogP contribution >= 0.6 is 0 Å². The number of hydrogen-bond acceptors (Lipinski definition) is 4. The van der Waals surface area contributed by atoms with Gasteiger partial charge >= 0.3 is 0 Å². The smallest absolute Gasteiger partial charge is 0.0957 e. The minimum absolute atomic E-state index is 0.0383. The summed E-state index contributed by atoms with van der Waals surface area (Å²) >= 11 is 0. The molecule has 0 radical (unpaired) electrons. The molecule has 0 spiro atoms. The molecule has 0 heterocycles. The molecule has 4 nitrogen and oxygen atoms in total. The van der Waals surface area contributed by atoms with Crippen molar-refractivity contribution in [2.24, 2.45) is 11.7 Å². The lowest BCUT2D eigenvalue weighted by Gasteiger charge is -2.25. The predicted molar refractivity (Wildman–Crippen MR) is 70.0 cm³/mol. The van der Waals surface area contributed by atoms with Crippen molar-refractivity contribution in [2.45, 2.75) is 58.8 Å². The summed E-state index contributed by atoms with van der Waals surface area (Å²) < 4.78 is 11.1. The third kappa shape index (κ3) is 9.53. The molecule has 0 aromatic carbocycles. The van der Waals surface area contributed by atoms with Crippen LogP contribution in [0.15, 0.2) is 0 Å². The van der Waals surface area contributed by atoms with Crippen molar-refractivity contribution < 1.29 is 14.6 Å². The Kier molecular flexibility index (Phi) is 7.96.